The van der Waals surface area contributed by atoms with Crippen LogP contribution in [-0.4, -0.2) is 39.6 Å². The van der Waals surface area contributed by atoms with Gasteiger partial charge in [0.05, 0.1) is 17.2 Å². The number of piperidine rings is 1. The molecule has 1 aromatic carbocycles. The third kappa shape index (κ3) is 2.31. The van der Waals surface area contributed by atoms with Crippen molar-refractivity contribution in [1.29, 1.82) is 0 Å². The summed E-state index contributed by atoms with van der Waals surface area (Å²) in [5.74, 6) is 1.10. The second kappa shape index (κ2) is 5.45. The molecule has 3 aromatic rings. The molecule has 1 saturated heterocycles. The van der Waals surface area contributed by atoms with Crippen LogP contribution in [0.2, 0.25) is 0 Å². The SMILES string of the molecule is Cc1nc2cnc3ccc(I)cc3c2n1C1CCCN(C)C1. The Bertz CT molecular complexity index is 855. The van der Waals surface area contributed by atoms with Crippen LogP contribution in [-0.2, 0) is 0 Å². The number of hydrogen-bond acceptors (Lipinski definition) is 3. The van der Waals surface area contributed by atoms with Gasteiger partial charge in [-0.05, 0) is 74.1 Å². The first-order chi connectivity index (χ1) is 10.6. The Morgan fingerprint density at radius 2 is 2.14 bits per heavy atom. The van der Waals surface area contributed by atoms with Gasteiger partial charge in [0, 0.05) is 21.5 Å². The van der Waals surface area contributed by atoms with Crippen molar-refractivity contribution in [1.82, 2.24) is 19.4 Å². The lowest BCUT2D eigenvalue weighted by atomic mass is 10.1. The molecule has 3 heterocycles. The molecule has 0 radical (unpaired) electrons. The number of aryl methyl sites for hydroxylation is 1. The zero-order chi connectivity index (χ0) is 15.3. The Balaban J connectivity index is 2.00. The predicted molar refractivity (Wildman–Crippen MR) is 98.3 cm³/mol. The van der Waals surface area contributed by atoms with E-state index >= 15 is 0 Å². The summed E-state index contributed by atoms with van der Waals surface area (Å²) in [6.45, 7) is 4.41. The number of pyridine rings is 1. The van der Waals surface area contributed by atoms with Crippen LogP contribution < -0.4 is 0 Å². The zero-order valence-corrected chi connectivity index (χ0v) is 15.0. The number of fused-ring (bicyclic) bond motifs is 3. The molecule has 4 rings (SSSR count). The summed E-state index contributed by atoms with van der Waals surface area (Å²) in [5, 5.41) is 1.22. The molecule has 1 fully saturated rings. The third-order valence-corrected chi connectivity index (χ3v) is 5.29. The molecule has 0 spiro atoms. The molecule has 5 heteroatoms. The molecule has 114 valence electrons. The molecule has 0 aliphatic carbocycles. The average molecular weight is 406 g/mol. The smallest absolute Gasteiger partial charge is 0.108 e. The molecule has 0 saturated carbocycles. The highest BCUT2D eigenvalue weighted by Crippen LogP contribution is 2.31. The lowest BCUT2D eigenvalue weighted by Crippen LogP contribution is -2.33. The van der Waals surface area contributed by atoms with Crippen molar-refractivity contribution in [3.63, 3.8) is 0 Å². The normalized spacial score (nSPS) is 20.0. The molecular formula is C17H19IN4. The third-order valence-electron chi connectivity index (χ3n) is 4.62. The molecule has 0 amide bonds. The summed E-state index contributed by atoms with van der Waals surface area (Å²) in [5.41, 5.74) is 3.32. The molecule has 0 N–H and O–H groups in total. The summed E-state index contributed by atoms with van der Waals surface area (Å²) in [6.07, 6.45) is 4.39. The van der Waals surface area contributed by atoms with Gasteiger partial charge in [-0.2, -0.15) is 0 Å². The minimum absolute atomic E-state index is 0.507. The molecule has 1 aliphatic heterocycles. The number of likely N-dealkylation sites (tertiary alicyclic amines) is 1. The van der Waals surface area contributed by atoms with Crippen LogP contribution in [0, 0.1) is 10.5 Å². The number of likely N-dealkylation sites (N-methyl/N-ethyl adjacent to an activating group) is 1. The van der Waals surface area contributed by atoms with Gasteiger partial charge in [0.2, 0.25) is 0 Å². The minimum atomic E-state index is 0.507. The number of benzene rings is 1. The molecule has 0 bridgehead atoms. The number of aromatic nitrogens is 3. The lowest BCUT2D eigenvalue weighted by molar-refractivity contribution is 0.213. The first-order valence-corrected chi connectivity index (χ1v) is 8.83. The molecule has 1 unspecified atom stereocenters. The summed E-state index contributed by atoms with van der Waals surface area (Å²) in [4.78, 5) is 11.8. The number of halogens is 1. The number of nitrogens with zero attached hydrogens (tertiary/aromatic N) is 4. The van der Waals surface area contributed by atoms with E-state index in [0.717, 1.165) is 23.4 Å². The van der Waals surface area contributed by atoms with E-state index in [1.165, 1.54) is 33.9 Å². The topological polar surface area (TPSA) is 34.0 Å². The van der Waals surface area contributed by atoms with Gasteiger partial charge in [-0.1, -0.05) is 0 Å². The van der Waals surface area contributed by atoms with Crippen LogP contribution in [0.25, 0.3) is 21.9 Å². The Labute approximate surface area is 143 Å². The minimum Gasteiger partial charge on any atom is -0.323 e. The van der Waals surface area contributed by atoms with Crippen molar-refractivity contribution >= 4 is 44.5 Å². The van der Waals surface area contributed by atoms with Gasteiger partial charge in [-0.3, -0.25) is 4.98 Å². The van der Waals surface area contributed by atoms with Crippen molar-refractivity contribution in [3.05, 3.63) is 33.8 Å². The second-order valence-corrected chi connectivity index (χ2v) is 7.49. The highest BCUT2D eigenvalue weighted by molar-refractivity contribution is 14.1. The number of hydrogen-bond donors (Lipinski definition) is 0. The van der Waals surface area contributed by atoms with E-state index in [4.69, 9.17) is 4.98 Å². The van der Waals surface area contributed by atoms with E-state index in [2.05, 4.69) is 69.2 Å². The maximum atomic E-state index is 4.77. The van der Waals surface area contributed by atoms with Crippen LogP contribution in [0.15, 0.2) is 24.4 Å². The molecular weight excluding hydrogens is 387 g/mol. The Kier molecular flexibility index (Phi) is 3.57. The first kappa shape index (κ1) is 14.4. The van der Waals surface area contributed by atoms with E-state index in [-0.39, 0.29) is 0 Å². The highest BCUT2D eigenvalue weighted by Gasteiger charge is 2.23. The summed E-state index contributed by atoms with van der Waals surface area (Å²) >= 11 is 2.37. The zero-order valence-electron chi connectivity index (χ0n) is 12.9. The summed E-state index contributed by atoms with van der Waals surface area (Å²) in [7, 11) is 2.21. The van der Waals surface area contributed by atoms with Gasteiger partial charge in [0.25, 0.3) is 0 Å². The molecule has 1 aliphatic rings. The van der Waals surface area contributed by atoms with Crippen molar-refractivity contribution < 1.29 is 0 Å². The molecule has 2 aromatic heterocycles. The van der Waals surface area contributed by atoms with Crippen LogP contribution in [0.3, 0.4) is 0 Å². The standard InChI is InChI=1S/C17H19IN4/c1-11-20-16-9-19-15-6-5-12(18)8-14(15)17(16)22(11)13-4-3-7-21(2)10-13/h5-6,8-9,13H,3-4,7,10H2,1-2H3. The highest BCUT2D eigenvalue weighted by atomic mass is 127. The van der Waals surface area contributed by atoms with Crippen molar-refractivity contribution in [3.8, 4) is 0 Å². The van der Waals surface area contributed by atoms with E-state index in [1.54, 1.807) is 0 Å². The summed E-state index contributed by atoms with van der Waals surface area (Å²) in [6, 6.07) is 6.96. The van der Waals surface area contributed by atoms with Gasteiger partial charge in [-0.25, -0.2) is 4.98 Å². The Morgan fingerprint density at radius 3 is 2.95 bits per heavy atom. The van der Waals surface area contributed by atoms with Gasteiger partial charge in [0.15, 0.2) is 0 Å². The molecule has 1 atom stereocenters. The van der Waals surface area contributed by atoms with Gasteiger partial charge < -0.3 is 9.47 Å². The van der Waals surface area contributed by atoms with E-state index in [0.29, 0.717) is 6.04 Å². The van der Waals surface area contributed by atoms with E-state index in [9.17, 15) is 0 Å². The van der Waals surface area contributed by atoms with Gasteiger partial charge >= 0.3 is 0 Å². The largest absolute Gasteiger partial charge is 0.323 e. The number of rotatable bonds is 1. The van der Waals surface area contributed by atoms with E-state index < -0.39 is 0 Å². The predicted octanol–water partition coefficient (Wildman–Crippen LogP) is 3.76. The maximum absolute atomic E-state index is 4.77. The first-order valence-electron chi connectivity index (χ1n) is 7.75. The van der Waals surface area contributed by atoms with Crippen molar-refractivity contribution in [2.75, 3.05) is 20.1 Å². The number of imidazole rings is 1. The fourth-order valence-electron chi connectivity index (χ4n) is 3.66. The van der Waals surface area contributed by atoms with Gasteiger partial charge in [0.1, 0.15) is 11.3 Å². The monoisotopic (exact) mass is 406 g/mol. The Hall–Kier alpha value is -1.21. The van der Waals surface area contributed by atoms with Gasteiger partial charge in [-0.15, -0.1) is 0 Å². The fraction of sp³-hybridized carbons (Fsp3) is 0.412. The molecule has 4 nitrogen and oxygen atoms in total. The van der Waals surface area contributed by atoms with Crippen LogP contribution in [0.1, 0.15) is 24.7 Å². The van der Waals surface area contributed by atoms with Crippen LogP contribution in [0.4, 0.5) is 0 Å². The van der Waals surface area contributed by atoms with Crippen molar-refractivity contribution in [2.45, 2.75) is 25.8 Å². The summed E-state index contributed by atoms with van der Waals surface area (Å²) < 4.78 is 3.69. The second-order valence-electron chi connectivity index (χ2n) is 6.24. The van der Waals surface area contributed by atoms with Crippen LogP contribution in [0.5, 0.6) is 0 Å². The maximum Gasteiger partial charge on any atom is 0.108 e. The molecule has 22 heavy (non-hydrogen) atoms. The van der Waals surface area contributed by atoms with Crippen molar-refractivity contribution in [2.24, 2.45) is 0 Å². The van der Waals surface area contributed by atoms with E-state index in [1.807, 2.05) is 6.20 Å². The Morgan fingerprint density at radius 1 is 1.27 bits per heavy atom. The fourth-order valence-corrected chi connectivity index (χ4v) is 4.15. The van der Waals surface area contributed by atoms with Crippen LogP contribution >= 0.6 is 22.6 Å². The quantitative estimate of drug-likeness (QED) is 0.578. The average Bonchev–Trinajstić information content (AvgIpc) is 2.83. The lowest BCUT2D eigenvalue weighted by Gasteiger charge is -2.31.